The largest absolute Gasteiger partial charge is 0.353 e. The Bertz CT molecular complexity index is 631. The average Bonchev–Trinajstić information content (AvgIpc) is 2.58. The number of hydrogen-bond acceptors (Lipinski definition) is 4. The molecule has 2 fully saturated rings. The summed E-state index contributed by atoms with van der Waals surface area (Å²) in [5, 5.41) is 2.84. The second-order valence-electron chi connectivity index (χ2n) is 6.80. The molecule has 0 radical (unpaired) electrons. The summed E-state index contributed by atoms with van der Waals surface area (Å²) in [5.41, 5.74) is 0.812. The van der Waals surface area contributed by atoms with Gasteiger partial charge < -0.3 is 15.1 Å². The molecule has 2 amide bonds. The van der Waals surface area contributed by atoms with Crippen LogP contribution in [0.1, 0.15) is 12.0 Å². The minimum atomic E-state index is -0.496. The summed E-state index contributed by atoms with van der Waals surface area (Å²) in [6, 6.07) is 5.89. The number of halogens is 1. The Balaban J connectivity index is 1.65. The number of nitrogens with zero attached hydrogens (tertiary/aromatic N) is 3. The van der Waals surface area contributed by atoms with Crippen LogP contribution in [0.2, 0.25) is 0 Å². The first-order chi connectivity index (χ1) is 12.0. The molecule has 0 aliphatic carbocycles. The minimum absolute atomic E-state index is 0.0133. The van der Waals surface area contributed by atoms with Crippen LogP contribution in [0.25, 0.3) is 0 Å². The lowest BCUT2D eigenvalue weighted by molar-refractivity contribution is -0.140. The predicted octanol–water partition coefficient (Wildman–Crippen LogP) is 0.290. The molecule has 2 aliphatic rings. The van der Waals surface area contributed by atoms with E-state index in [-0.39, 0.29) is 24.1 Å². The Hall–Kier alpha value is -1.99. The van der Waals surface area contributed by atoms with E-state index >= 15 is 0 Å². The average molecular weight is 348 g/mol. The Morgan fingerprint density at radius 1 is 1.24 bits per heavy atom. The number of hydrogen-bond donors (Lipinski definition) is 1. The van der Waals surface area contributed by atoms with Gasteiger partial charge >= 0.3 is 0 Å². The normalized spacial score (nSPS) is 22.7. The van der Waals surface area contributed by atoms with E-state index in [1.165, 1.54) is 12.1 Å². The molecule has 25 heavy (non-hydrogen) atoms. The summed E-state index contributed by atoms with van der Waals surface area (Å²) >= 11 is 0. The molecule has 0 unspecified atom stereocenters. The van der Waals surface area contributed by atoms with Crippen molar-refractivity contribution >= 4 is 11.8 Å². The third-order valence-electron chi connectivity index (χ3n) is 4.94. The van der Waals surface area contributed by atoms with Crippen LogP contribution < -0.4 is 5.32 Å². The van der Waals surface area contributed by atoms with E-state index in [1.54, 1.807) is 6.07 Å². The molecule has 3 rings (SSSR count). The maximum Gasteiger partial charge on any atom is 0.237 e. The number of likely N-dealkylation sites (N-methyl/N-ethyl adjacent to an activating group) is 1. The van der Waals surface area contributed by atoms with Crippen molar-refractivity contribution in [1.29, 1.82) is 0 Å². The molecule has 136 valence electrons. The standard InChI is InChI=1S/C18H25FN4O2/c1-21-7-9-22(10-8-21)17(24)12-16-18(25)20-5-6-23(16)13-14-3-2-4-15(19)11-14/h2-4,11,16H,5-10,12-13H2,1H3,(H,20,25)/t16-/m1/s1. The summed E-state index contributed by atoms with van der Waals surface area (Å²) in [4.78, 5) is 30.9. The van der Waals surface area contributed by atoms with Gasteiger partial charge in [-0.2, -0.15) is 0 Å². The third kappa shape index (κ3) is 4.55. The lowest BCUT2D eigenvalue weighted by atomic mass is 10.1. The van der Waals surface area contributed by atoms with Gasteiger partial charge in [-0.1, -0.05) is 12.1 Å². The molecule has 0 aromatic heterocycles. The smallest absolute Gasteiger partial charge is 0.237 e. The number of benzene rings is 1. The lowest BCUT2D eigenvalue weighted by Crippen LogP contribution is -2.57. The number of rotatable bonds is 4. The van der Waals surface area contributed by atoms with Crippen LogP contribution in [-0.2, 0) is 16.1 Å². The maximum atomic E-state index is 13.4. The van der Waals surface area contributed by atoms with Gasteiger partial charge in [0.25, 0.3) is 0 Å². The summed E-state index contributed by atoms with van der Waals surface area (Å²) < 4.78 is 13.4. The summed E-state index contributed by atoms with van der Waals surface area (Å²) in [6.07, 6.45) is 0.171. The molecule has 7 heteroatoms. The Kier molecular flexibility index (Phi) is 5.65. The van der Waals surface area contributed by atoms with Gasteiger partial charge in [-0.3, -0.25) is 14.5 Å². The maximum absolute atomic E-state index is 13.4. The first-order valence-corrected chi connectivity index (χ1v) is 8.75. The summed E-state index contributed by atoms with van der Waals surface area (Å²) in [6.45, 7) is 4.79. The fourth-order valence-electron chi connectivity index (χ4n) is 3.39. The van der Waals surface area contributed by atoms with E-state index < -0.39 is 6.04 Å². The second-order valence-corrected chi connectivity index (χ2v) is 6.80. The Labute approximate surface area is 147 Å². The highest BCUT2D eigenvalue weighted by molar-refractivity contribution is 5.88. The fourth-order valence-corrected chi connectivity index (χ4v) is 3.39. The zero-order valence-corrected chi connectivity index (χ0v) is 14.6. The first-order valence-electron chi connectivity index (χ1n) is 8.75. The number of nitrogens with one attached hydrogen (secondary N) is 1. The van der Waals surface area contributed by atoms with Crippen molar-refractivity contribution in [2.75, 3.05) is 46.3 Å². The minimum Gasteiger partial charge on any atom is -0.353 e. The van der Waals surface area contributed by atoms with Gasteiger partial charge in [0.15, 0.2) is 0 Å². The molecule has 6 nitrogen and oxygen atoms in total. The molecule has 0 saturated carbocycles. The highest BCUT2D eigenvalue weighted by Gasteiger charge is 2.33. The number of piperazine rings is 2. The van der Waals surface area contributed by atoms with E-state index in [1.807, 2.05) is 22.9 Å². The second kappa shape index (κ2) is 7.93. The lowest BCUT2D eigenvalue weighted by Gasteiger charge is -2.37. The first kappa shape index (κ1) is 17.8. The molecule has 2 aliphatic heterocycles. The molecule has 0 spiro atoms. The van der Waals surface area contributed by atoms with Crippen molar-refractivity contribution < 1.29 is 14.0 Å². The van der Waals surface area contributed by atoms with Crippen LogP contribution in [-0.4, -0.2) is 78.9 Å². The highest BCUT2D eigenvalue weighted by atomic mass is 19.1. The van der Waals surface area contributed by atoms with Gasteiger partial charge in [0, 0.05) is 45.8 Å². The molecule has 0 bridgehead atoms. The van der Waals surface area contributed by atoms with E-state index in [4.69, 9.17) is 0 Å². The molecular formula is C18H25FN4O2. The SMILES string of the molecule is CN1CCN(C(=O)C[C@@H]2C(=O)NCCN2Cc2cccc(F)c2)CC1. The number of carbonyl (C=O) groups excluding carboxylic acids is 2. The van der Waals surface area contributed by atoms with Gasteiger partial charge in [-0.05, 0) is 24.7 Å². The molecule has 1 aromatic carbocycles. The number of carbonyl (C=O) groups is 2. The zero-order chi connectivity index (χ0) is 17.8. The van der Waals surface area contributed by atoms with Gasteiger partial charge in [0.05, 0.1) is 12.5 Å². The number of amides is 2. The predicted molar refractivity (Wildman–Crippen MR) is 92.3 cm³/mol. The van der Waals surface area contributed by atoms with Crippen LogP contribution in [0, 0.1) is 5.82 Å². The third-order valence-corrected chi connectivity index (χ3v) is 4.94. The Morgan fingerprint density at radius 3 is 2.72 bits per heavy atom. The van der Waals surface area contributed by atoms with Gasteiger partial charge in [0.1, 0.15) is 5.82 Å². The Morgan fingerprint density at radius 2 is 2.00 bits per heavy atom. The zero-order valence-electron chi connectivity index (χ0n) is 14.6. The van der Waals surface area contributed by atoms with Crippen LogP contribution >= 0.6 is 0 Å². The molecule has 2 saturated heterocycles. The van der Waals surface area contributed by atoms with Crippen molar-refractivity contribution in [1.82, 2.24) is 20.0 Å². The molecule has 1 aromatic rings. The highest BCUT2D eigenvalue weighted by Crippen LogP contribution is 2.16. The topological polar surface area (TPSA) is 55.9 Å². The van der Waals surface area contributed by atoms with E-state index in [0.29, 0.717) is 32.7 Å². The van der Waals surface area contributed by atoms with Crippen LogP contribution in [0.5, 0.6) is 0 Å². The molecule has 2 heterocycles. The molecular weight excluding hydrogens is 323 g/mol. The van der Waals surface area contributed by atoms with Crippen molar-refractivity contribution in [3.63, 3.8) is 0 Å². The monoisotopic (exact) mass is 348 g/mol. The summed E-state index contributed by atoms with van der Waals surface area (Å²) in [7, 11) is 2.04. The van der Waals surface area contributed by atoms with Crippen LogP contribution in [0.4, 0.5) is 4.39 Å². The van der Waals surface area contributed by atoms with Crippen molar-refractivity contribution in [2.45, 2.75) is 19.0 Å². The van der Waals surface area contributed by atoms with Crippen molar-refractivity contribution in [3.8, 4) is 0 Å². The van der Waals surface area contributed by atoms with Gasteiger partial charge in [-0.25, -0.2) is 4.39 Å². The van der Waals surface area contributed by atoms with Crippen molar-refractivity contribution in [2.24, 2.45) is 0 Å². The van der Waals surface area contributed by atoms with E-state index in [2.05, 4.69) is 10.2 Å². The van der Waals surface area contributed by atoms with Gasteiger partial charge in [0.2, 0.25) is 11.8 Å². The summed E-state index contributed by atoms with van der Waals surface area (Å²) in [5.74, 6) is -0.395. The fraction of sp³-hybridized carbons (Fsp3) is 0.556. The van der Waals surface area contributed by atoms with Crippen molar-refractivity contribution in [3.05, 3.63) is 35.6 Å². The van der Waals surface area contributed by atoms with Crippen LogP contribution in [0.3, 0.4) is 0 Å². The van der Waals surface area contributed by atoms with Gasteiger partial charge in [-0.15, -0.1) is 0 Å². The quantitative estimate of drug-likeness (QED) is 0.850. The van der Waals surface area contributed by atoms with Crippen LogP contribution in [0.15, 0.2) is 24.3 Å². The van der Waals surface area contributed by atoms with E-state index in [0.717, 1.165) is 18.7 Å². The molecule has 1 atom stereocenters. The molecule has 1 N–H and O–H groups in total. The van der Waals surface area contributed by atoms with E-state index in [9.17, 15) is 14.0 Å².